The minimum Gasteiger partial charge on any atom is -0.478 e. The Morgan fingerprint density at radius 3 is 2.06 bits per heavy atom. The summed E-state index contributed by atoms with van der Waals surface area (Å²) in [5, 5.41) is 10.4. The number of aliphatic imine (C=N–C) groups is 2. The number of carbonyl (C=O) groups is 2. The Morgan fingerprint density at radius 2 is 1.48 bits per heavy atom. The van der Waals surface area contributed by atoms with Crippen molar-refractivity contribution in [3.63, 3.8) is 0 Å². The van der Waals surface area contributed by atoms with Crippen LogP contribution < -0.4 is 9.64 Å². The van der Waals surface area contributed by atoms with E-state index in [2.05, 4.69) is 104 Å². The molecule has 0 atom stereocenters. The SMILES string of the molecule is CCCC[N+]1=C(/C=C/C=C2/N(CCC)c3cc(C(=O)O)c4c(c3C2(C)C)N=C(C)C4(C)C)C(C)(C)c2c1cc(OC=O)c1c2N=C(C)C1(C)C. The van der Waals surface area contributed by atoms with Crippen LogP contribution in [0.5, 0.6) is 5.75 Å². The number of benzene rings is 2. The largest absolute Gasteiger partial charge is 0.478 e. The van der Waals surface area contributed by atoms with Crippen molar-refractivity contribution in [1.29, 1.82) is 0 Å². The first-order valence-corrected chi connectivity index (χ1v) is 18.1. The first kappa shape index (κ1) is 35.5. The van der Waals surface area contributed by atoms with E-state index in [0.717, 1.165) is 100 Å². The number of anilines is 1. The zero-order valence-corrected chi connectivity index (χ0v) is 32.0. The van der Waals surface area contributed by atoms with Gasteiger partial charge < -0.3 is 14.7 Å². The number of hydrogen-bond acceptors (Lipinski definition) is 6. The van der Waals surface area contributed by atoms with Gasteiger partial charge in [0, 0.05) is 74.8 Å². The molecular weight excluding hydrogens is 624 g/mol. The molecule has 0 saturated carbocycles. The molecule has 1 N–H and O–H groups in total. The molecule has 0 radical (unpaired) electrons. The van der Waals surface area contributed by atoms with Crippen LogP contribution in [0.1, 0.15) is 135 Å². The van der Waals surface area contributed by atoms with E-state index in [4.69, 9.17) is 14.7 Å². The second-order valence-electron chi connectivity index (χ2n) is 16.4. The second kappa shape index (κ2) is 11.9. The topological polar surface area (TPSA) is 94.6 Å². The molecule has 0 aliphatic carbocycles. The van der Waals surface area contributed by atoms with E-state index in [1.165, 1.54) is 0 Å². The van der Waals surface area contributed by atoms with Crippen molar-refractivity contribution in [2.75, 3.05) is 18.0 Å². The van der Waals surface area contributed by atoms with Crippen LogP contribution in [0.2, 0.25) is 0 Å². The third kappa shape index (κ3) is 4.88. The second-order valence-corrected chi connectivity index (χ2v) is 16.4. The molecule has 0 unspecified atom stereocenters. The van der Waals surface area contributed by atoms with Crippen LogP contribution in [0.15, 0.2) is 46.0 Å². The molecule has 8 nitrogen and oxygen atoms in total. The number of nitrogens with zero attached hydrogens (tertiary/aromatic N) is 4. The highest BCUT2D eigenvalue weighted by Crippen LogP contribution is 2.58. The predicted octanol–water partition coefficient (Wildman–Crippen LogP) is 9.51. The van der Waals surface area contributed by atoms with Gasteiger partial charge in [-0.3, -0.25) is 14.8 Å². The summed E-state index contributed by atoms with van der Waals surface area (Å²) in [6, 6.07) is 3.93. The first-order valence-electron chi connectivity index (χ1n) is 18.1. The van der Waals surface area contributed by atoms with Crippen molar-refractivity contribution in [3.8, 4) is 5.75 Å². The molecule has 0 spiro atoms. The van der Waals surface area contributed by atoms with Crippen LogP contribution in [-0.4, -0.2) is 52.3 Å². The van der Waals surface area contributed by atoms with Crippen molar-refractivity contribution >= 4 is 52.3 Å². The molecule has 264 valence electrons. The molecule has 50 heavy (non-hydrogen) atoms. The van der Waals surface area contributed by atoms with Crippen molar-refractivity contribution in [1.82, 2.24) is 0 Å². The standard InChI is InChI=1S/C42H52N4O4/c1-13-15-20-46-28-22-29(50-23-47)35-37(44-25(4)40(35,7)8)34(28)42(11,12)31(46)18-16-17-30-41(9,10)33-27(45(30)19-14-2)21-26(38(48)49)32-36(33)43-24(3)39(32,5)6/h16-18,21-23H,13-15,19-20H2,1-12H3/p+1. The van der Waals surface area contributed by atoms with Crippen LogP contribution in [0.3, 0.4) is 0 Å². The molecule has 4 aliphatic rings. The summed E-state index contributed by atoms with van der Waals surface area (Å²) in [4.78, 5) is 36.9. The minimum absolute atomic E-state index is 0.331. The van der Waals surface area contributed by atoms with E-state index in [1.807, 2.05) is 19.1 Å². The number of carboxylic acids is 1. The normalized spacial score (nSPS) is 21.0. The number of hydrogen-bond donors (Lipinski definition) is 1. The number of ether oxygens (including phenoxy) is 1. The summed E-state index contributed by atoms with van der Waals surface area (Å²) in [6.45, 7) is 27.9. The van der Waals surface area contributed by atoms with Crippen molar-refractivity contribution in [3.05, 3.63) is 63.9 Å². The maximum absolute atomic E-state index is 12.7. The summed E-state index contributed by atoms with van der Waals surface area (Å²) < 4.78 is 8.04. The Kier molecular flexibility index (Phi) is 8.44. The Balaban J connectivity index is 1.52. The Labute approximate surface area is 297 Å². The number of rotatable bonds is 10. The Bertz CT molecular complexity index is 2000. The van der Waals surface area contributed by atoms with Gasteiger partial charge in [0.05, 0.1) is 34.0 Å². The molecule has 2 aromatic rings. The fourth-order valence-electron chi connectivity index (χ4n) is 8.73. The first-order chi connectivity index (χ1) is 23.4. The Morgan fingerprint density at radius 1 is 0.860 bits per heavy atom. The summed E-state index contributed by atoms with van der Waals surface area (Å²) in [5.41, 5.74) is 10.6. The quantitative estimate of drug-likeness (QED) is 0.200. The lowest BCUT2D eigenvalue weighted by Gasteiger charge is -2.26. The van der Waals surface area contributed by atoms with E-state index in [0.29, 0.717) is 17.8 Å². The molecule has 0 fully saturated rings. The van der Waals surface area contributed by atoms with E-state index < -0.39 is 16.8 Å². The van der Waals surface area contributed by atoms with E-state index in [-0.39, 0.29) is 10.8 Å². The van der Waals surface area contributed by atoms with Gasteiger partial charge in [-0.2, -0.15) is 4.58 Å². The van der Waals surface area contributed by atoms with Gasteiger partial charge in [0.2, 0.25) is 5.69 Å². The zero-order chi connectivity index (χ0) is 36.7. The van der Waals surface area contributed by atoms with E-state index >= 15 is 0 Å². The third-order valence-electron chi connectivity index (χ3n) is 11.9. The molecule has 0 aromatic heterocycles. The van der Waals surface area contributed by atoms with Crippen LogP contribution >= 0.6 is 0 Å². The van der Waals surface area contributed by atoms with Crippen LogP contribution in [-0.2, 0) is 26.5 Å². The van der Waals surface area contributed by atoms with Crippen LogP contribution in [0, 0.1) is 0 Å². The van der Waals surface area contributed by atoms with Crippen molar-refractivity contribution < 1.29 is 24.0 Å². The van der Waals surface area contributed by atoms with Gasteiger partial charge in [0.15, 0.2) is 5.71 Å². The molecule has 6 rings (SSSR count). The Hall–Kier alpha value is -4.33. The molecule has 8 heteroatoms. The molecule has 0 bridgehead atoms. The maximum atomic E-state index is 12.7. The third-order valence-corrected chi connectivity index (χ3v) is 11.9. The minimum atomic E-state index is -0.920. The summed E-state index contributed by atoms with van der Waals surface area (Å²) in [6.07, 6.45) is 9.54. The van der Waals surface area contributed by atoms with Crippen LogP contribution in [0.4, 0.5) is 22.7 Å². The van der Waals surface area contributed by atoms with Gasteiger partial charge in [0.1, 0.15) is 12.3 Å². The number of carboxylic acid groups (broad SMARTS) is 1. The van der Waals surface area contributed by atoms with Gasteiger partial charge in [0.25, 0.3) is 6.47 Å². The van der Waals surface area contributed by atoms with E-state index in [1.54, 1.807) is 0 Å². The fourth-order valence-corrected chi connectivity index (χ4v) is 8.73. The smallest absolute Gasteiger partial charge is 0.336 e. The zero-order valence-electron chi connectivity index (χ0n) is 32.0. The number of aromatic carboxylic acids is 1. The number of carbonyl (C=O) groups excluding carboxylic acids is 1. The molecule has 2 aromatic carbocycles. The predicted molar refractivity (Wildman–Crippen MR) is 204 cm³/mol. The van der Waals surface area contributed by atoms with Gasteiger partial charge >= 0.3 is 5.97 Å². The highest BCUT2D eigenvalue weighted by atomic mass is 16.5. The van der Waals surface area contributed by atoms with Gasteiger partial charge in [-0.15, -0.1) is 0 Å². The average molecular weight is 678 g/mol. The lowest BCUT2D eigenvalue weighted by molar-refractivity contribution is -0.438. The van der Waals surface area contributed by atoms with Crippen molar-refractivity contribution in [2.45, 2.75) is 124 Å². The number of allylic oxidation sites excluding steroid dienone is 4. The number of fused-ring (bicyclic) bond motifs is 6. The highest BCUT2D eigenvalue weighted by Gasteiger charge is 2.51. The fraction of sp³-hybridized carbons (Fsp3) is 0.500. The van der Waals surface area contributed by atoms with Gasteiger partial charge in [-0.25, -0.2) is 4.79 Å². The molecule has 0 amide bonds. The highest BCUT2D eigenvalue weighted by molar-refractivity contribution is 6.09. The summed E-state index contributed by atoms with van der Waals surface area (Å²) >= 11 is 0. The summed E-state index contributed by atoms with van der Waals surface area (Å²) in [7, 11) is 0. The molecule has 4 aliphatic heterocycles. The maximum Gasteiger partial charge on any atom is 0.336 e. The van der Waals surface area contributed by atoms with Gasteiger partial charge in [-0.1, -0.05) is 67.9 Å². The van der Waals surface area contributed by atoms with Crippen LogP contribution in [0.25, 0.3) is 0 Å². The monoisotopic (exact) mass is 677 g/mol. The van der Waals surface area contributed by atoms with E-state index in [9.17, 15) is 14.7 Å². The molecule has 0 saturated heterocycles. The van der Waals surface area contributed by atoms with Gasteiger partial charge in [-0.05, 0) is 46.3 Å². The molecular formula is C42H53N4O4+. The lowest BCUT2D eigenvalue weighted by atomic mass is 9.75. The lowest BCUT2D eigenvalue weighted by Crippen LogP contribution is -2.28. The number of unbranched alkanes of at least 4 members (excludes halogenated alkanes) is 1. The van der Waals surface area contributed by atoms with Crippen molar-refractivity contribution in [2.24, 2.45) is 9.98 Å². The molecule has 4 heterocycles. The average Bonchev–Trinajstić information content (AvgIpc) is 3.58. The summed E-state index contributed by atoms with van der Waals surface area (Å²) in [5.74, 6) is -0.352.